The maximum absolute atomic E-state index is 8.91. The van der Waals surface area contributed by atoms with Gasteiger partial charge in [-0.2, -0.15) is 0 Å². The van der Waals surface area contributed by atoms with Crippen molar-refractivity contribution in [2.75, 3.05) is 26.2 Å². The highest BCUT2D eigenvalue weighted by Crippen LogP contribution is 2.24. The average Bonchev–Trinajstić information content (AvgIpc) is 2.71. The summed E-state index contributed by atoms with van der Waals surface area (Å²) >= 11 is 0. The van der Waals surface area contributed by atoms with Crippen LogP contribution in [0, 0.1) is 0 Å². The second-order valence-electron chi connectivity index (χ2n) is 4.60. The van der Waals surface area contributed by atoms with Gasteiger partial charge in [-0.15, -0.1) is 0 Å². The monoisotopic (exact) mass is 198 g/mol. The highest BCUT2D eigenvalue weighted by molar-refractivity contribution is 4.85. The number of piperazine rings is 1. The smallest absolute Gasteiger partial charge is 0.0446 e. The maximum atomic E-state index is 8.91. The molecule has 0 amide bonds. The van der Waals surface area contributed by atoms with E-state index in [2.05, 4.69) is 10.2 Å². The lowest BCUT2D eigenvalue weighted by Crippen LogP contribution is -2.53. The fourth-order valence-electron chi connectivity index (χ4n) is 2.80. The lowest BCUT2D eigenvalue weighted by Gasteiger charge is -2.37. The van der Waals surface area contributed by atoms with E-state index in [1.807, 2.05) is 0 Å². The number of aliphatic hydroxyl groups is 1. The van der Waals surface area contributed by atoms with Crippen LogP contribution in [0.1, 0.15) is 32.1 Å². The van der Waals surface area contributed by atoms with Gasteiger partial charge in [0.25, 0.3) is 0 Å². The van der Waals surface area contributed by atoms with Gasteiger partial charge in [-0.05, 0) is 19.3 Å². The Balaban J connectivity index is 1.80. The fraction of sp³-hybridized carbons (Fsp3) is 1.00. The van der Waals surface area contributed by atoms with Crippen molar-refractivity contribution in [3.05, 3.63) is 0 Å². The number of nitrogens with zero attached hydrogens (tertiary/aromatic N) is 1. The van der Waals surface area contributed by atoms with E-state index < -0.39 is 0 Å². The van der Waals surface area contributed by atoms with Gasteiger partial charge in [-0.1, -0.05) is 12.8 Å². The maximum Gasteiger partial charge on any atom is 0.0446 e. The van der Waals surface area contributed by atoms with Crippen LogP contribution in [-0.4, -0.2) is 48.3 Å². The number of rotatable bonds is 3. The van der Waals surface area contributed by atoms with Crippen molar-refractivity contribution in [2.24, 2.45) is 0 Å². The Morgan fingerprint density at radius 3 is 2.79 bits per heavy atom. The van der Waals surface area contributed by atoms with Gasteiger partial charge >= 0.3 is 0 Å². The molecule has 0 aromatic carbocycles. The molecule has 1 saturated carbocycles. The van der Waals surface area contributed by atoms with Crippen LogP contribution >= 0.6 is 0 Å². The lowest BCUT2D eigenvalue weighted by atomic mass is 10.1. The molecule has 1 atom stereocenters. The van der Waals surface area contributed by atoms with Crippen molar-refractivity contribution >= 4 is 0 Å². The summed E-state index contributed by atoms with van der Waals surface area (Å²) in [7, 11) is 0. The largest absolute Gasteiger partial charge is 0.396 e. The summed E-state index contributed by atoms with van der Waals surface area (Å²) in [5, 5.41) is 12.4. The van der Waals surface area contributed by atoms with Crippen LogP contribution in [0.25, 0.3) is 0 Å². The molecule has 0 spiro atoms. The van der Waals surface area contributed by atoms with Crippen molar-refractivity contribution < 1.29 is 5.11 Å². The molecular formula is C11H22N2O. The number of hydrogen-bond acceptors (Lipinski definition) is 3. The van der Waals surface area contributed by atoms with Gasteiger partial charge < -0.3 is 10.4 Å². The van der Waals surface area contributed by atoms with E-state index in [0.29, 0.717) is 12.6 Å². The molecule has 1 aliphatic heterocycles. The van der Waals surface area contributed by atoms with Crippen molar-refractivity contribution in [3.63, 3.8) is 0 Å². The molecule has 1 unspecified atom stereocenters. The first-order valence-corrected chi connectivity index (χ1v) is 5.98. The normalized spacial score (nSPS) is 31.1. The second-order valence-corrected chi connectivity index (χ2v) is 4.60. The third kappa shape index (κ3) is 2.47. The molecule has 0 radical (unpaired) electrons. The predicted octanol–water partition coefficient (Wildman–Crippen LogP) is 0.585. The average molecular weight is 198 g/mol. The molecule has 82 valence electrons. The fourth-order valence-corrected chi connectivity index (χ4v) is 2.80. The molecule has 3 heteroatoms. The van der Waals surface area contributed by atoms with Crippen molar-refractivity contribution in [2.45, 2.75) is 44.2 Å². The van der Waals surface area contributed by atoms with E-state index in [9.17, 15) is 0 Å². The minimum Gasteiger partial charge on any atom is -0.396 e. The topological polar surface area (TPSA) is 35.5 Å². The van der Waals surface area contributed by atoms with E-state index in [0.717, 1.165) is 25.6 Å². The highest BCUT2D eigenvalue weighted by atomic mass is 16.3. The summed E-state index contributed by atoms with van der Waals surface area (Å²) in [5.41, 5.74) is 0. The van der Waals surface area contributed by atoms with Gasteiger partial charge in [0.1, 0.15) is 0 Å². The third-order valence-corrected chi connectivity index (χ3v) is 3.61. The van der Waals surface area contributed by atoms with Crippen LogP contribution in [0.3, 0.4) is 0 Å². The number of nitrogens with one attached hydrogen (secondary N) is 1. The Hall–Kier alpha value is -0.120. The van der Waals surface area contributed by atoms with E-state index >= 15 is 0 Å². The van der Waals surface area contributed by atoms with Gasteiger partial charge in [0.05, 0.1) is 0 Å². The Morgan fingerprint density at radius 2 is 2.07 bits per heavy atom. The SMILES string of the molecule is OCCC1CN(C2CCCC2)CCN1. The minimum atomic E-state index is 0.316. The zero-order valence-corrected chi connectivity index (χ0v) is 8.91. The zero-order valence-electron chi connectivity index (χ0n) is 8.91. The molecule has 1 saturated heterocycles. The van der Waals surface area contributed by atoms with E-state index in [1.54, 1.807) is 0 Å². The number of aliphatic hydroxyl groups excluding tert-OH is 1. The minimum absolute atomic E-state index is 0.316. The standard InChI is InChI=1S/C11H22N2O/c14-8-5-10-9-13(7-6-12-10)11-3-1-2-4-11/h10-12,14H,1-9H2. The molecule has 1 aliphatic carbocycles. The highest BCUT2D eigenvalue weighted by Gasteiger charge is 2.26. The zero-order chi connectivity index (χ0) is 9.80. The van der Waals surface area contributed by atoms with E-state index in [-0.39, 0.29) is 0 Å². The Morgan fingerprint density at radius 1 is 1.29 bits per heavy atom. The van der Waals surface area contributed by atoms with Gasteiger partial charge in [0, 0.05) is 38.3 Å². The Bertz CT molecular complexity index is 167. The molecule has 2 aliphatic rings. The molecule has 0 bridgehead atoms. The first-order chi connectivity index (χ1) is 6.90. The lowest BCUT2D eigenvalue weighted by molar-refractivity contribution is 0.131. The first-order valence-electron chi connectivity index (χ1n) is 5.98. The molecule has 1 heterocycles. The third-order valence-electron chi connectivity index (χ3n) is 3.61. The Kier molecular flexibility index (Phi) is 3.79. The van der Waals surface area contributed by atoms with Gasteiger partial charge in [0.15, 0.2) is 0 Å². The van der Waals surface area contributed by atoms with Crippen LogP contribution in [-0.2, 0) is 0 Å². The van der Waals surface area contributed by atoms with Crippen molar-refractivity contribution in [1.29, 1.82) is 0 Å². The van der Waals surface area contributed by atoms with Gasteiger partial charge in [0.2, 0.25) is 0 Å². The second kappa shape index (κ2) is 5.10. The van der Waals surface area contributed by atoms with Crippen molar-refractivity contribution in [1.82, 2.24) is 10.2 Å². The summed E-state index contributed by atoms with van der Waals surface area (Å²) < 4.78 is 0. The summed E-state index contributed by atoms with van der Waals surface area (Å²) in [6.45, 7) is 3.76. The molecule has 14 heavy (non-hydrogen) atoms. The molecule has 2 N–H and O–H groups in total. The molecule has 2 fully saturated rings. The molecular weight excluding hydrogens is 176 g/mol. The van der Waals surface area contributed by atoms with Crippen LogP contribution in [0.2, 0.25) is 0 Å². The molecule has 2 rings (SSSR count). The summed E-state index contributed by atoms with van der Waals surface area (Å²) in [6, 6.07) is 1.37. The van der Waals surface area contributed by atoms with Gasteiger partial charge in [-0.25, -0.2) is 0 Å². The van der Waals surface area contributed by atoms with Crippen molar-refractivity contribution in [3.8, 4) is 0 Å². The molecule has 0 aromatic heterocycles. The number of hydrogen-bond donors (Lipinski definition) is 2. The summed E-state index contributed by atoms with van der Waals surface area (Å²) in [5.74, 6) is 0. The van der Waals surface area contributed by atoms with E-state index in [4.69, 9.17) is 5.11 Å². The quantitative estimate of drug-likeness (QED) is 0.696. The van der Waals surface area contributed by atoms with Crippen LogP contribution < -0.4 is 5.32 Å². The predicted molar refractivity (Wildman–Crippen MR) is 57.3 cm³/mol. The van der Waals surface area contributed by atoms with Gasteiger partial charge in [-0.3, -0.25) is 4.90 Å². The Labute approximate surface area is 86.5 Å². The van der Waals surface area contributed by atoms with Crippen LogP contribution in [0.4, 0.5) is 0 Å². The first kappa shape index (κ1) is 10.4. The molecule has 3 nitrogen and oxygen atoms in total. The summed E-state index contributed by atoms with van der Waals surface area (Å²) in [4.78, 5) is 2.63. The summed E-state index contributed by atoms with van der Waals surface area (Å²) in [6.07, 6.45) is 6.53. The van der Waals surface area contributed by atoms with Crippen LogP contribution in [0.5, 0.6) is 0 Å². The van der Waals surface area contributed by atoms with Crippen LogP contribution in [0.15, 0.2) is 0 Å². The van der Waals surface area contributed by atoms with E-state index in [1.165, 1.54) is 32.2 Å². The molecule has 0 aromatic rings.